The maximum Gasteiger partial charge on any atom is 0.251 e. The van der Waals surface area contributed by atoms with Gasteiger partial charge in [0, 0.05) is 17.7 Å². The van der Waals surface area contributed by atoms with Crippen LogP contribution in [0.3, 0.4) is 0 Å². The van der Waals surface area contributed by atoms with Crippen molar-refractivity contribution in [3.63, 3.8) is 0 Å². The van der Waals surface area contributed by atoms with Gasteiger partial charge in [-0.2, -0.15) is 0 Å². The third-order valence-corrected chi connectivity index (χ3v) is 6.53. The maximum atomic E-state index is 12.7. The summed E-state index contributed by atoms with van der Waals surface area (Å²) in [6, 6.07) is 11.6. The summed E-state index contributed by atoms with van der Waals surface area (Å²) < 4.78 is 36.3. The maximum absolute atomic E-state index is 12.7. The van der Waals surface area contributed by atoms with E-state index >= 15 is 0 Å². The first kappa shape index (κ1) is 22.5. The third kappa shape index (κ3) is 5.20. The van der Waals surface area contributed by atoms with E-state index in [0.29, 0.717) is 29.3 Å². The van der Waals surface area contributed by atoms with Crippen molar-refractivity contribution in [2.75, 3.05) is 30.8 Å². The van der Waals surface area contributed by atoms with Gasteiger partial charge in [-0.1, -0.05) is 0 Å². The molecule has 1 unspecified atom stereocenters. The van der Waals surface area contributed by atoms with Gasteiger partial charge in [0.25, 0.3) is 5.91 Å². The van der Waals surface area contributed by atoms with Crippen LogP contribution in [0.4, 0.5) is 5.69 Å². The van der Waals surface area contributed by atoms with Crippen molar-refractivity contribution >= 4 is 21.6 Å². The van der Waals surface area contributed by atoms with Crippen molar-refractivity contribution in [3.8, 4) is 11.5 Å². The zero-order valence-electron chi connectivity index (χ0n) is 17.4. The fraction of sp³-hybridized carbons (Fsp3) is 0.381. The number of sulfonamides is 1. The molecular weight excluding hydrogens is 392 g/mol. The van der Waals surface area contributed by atoms with Crippen LogP contribution in [0.5, 0.6) is 11.5 Å². The monoisotopic (exact) mass is 420 g/mol. The zero-order chi connectivity index (χ0) is 21.6. The number of nitrogens with one attached hydrogen (secondary N) is 1. The van der Waals surface area contributed by atoms with Gasteiger partial charge in [0.15, 0.2) is 0 Å². The summed E-state index contributed by atoms with van der Waals surface area (Å²) in [5.41, 5.74) is 1.77. The van der Waals surface area contributed by atoms with Gasteiger partial charge in [0.05, 0.1) is 31.7 Å². The average molecular weight is 421 g/mol. The molecule has 8 heteroatoms. The number of anilines is 1. The van der Waals surface area contributed by atoms with Gasteiger partial charge in [-0.25, -0.2) is 8.42 Å². The van der Waals surface area contributed by atoms with Crippen LogP contribution in [0, 0.1) is 0 Å². The first-order valence-electron chi connectivity index (χ1n) is 9.40. The average Bonchev–Trinajstić information content (AvgIpc) is 2.73. The summed E-state index contributed by atoms with van der Waals surface area (Å²) in [6.45, 7) is 5.57. The summed E-state index contributed by atoms with van der Waals surface area (Å²) in [7, 11) is -0.209. The fourth-order valence-corrected chi connectivity index (χ4v) is 4.16. The SMILES string of the molecule is CCN(c1ccc(C(=O)NC(C)c2cc(OC)ccc2OC)cc1)S(=O)(=O)CC. The molecule has 1 N–H and O–H groups in total. The Kier molecular flexibility index (Phi) is 7.50. The molecule has 1 amide bonds. The normalized spacial score (nSPS) is 12.2. The van der Waals surface area contributed by atoms with Gasteiger partial charge >= 0.3 is 0 Å². The van der Waals surface area contributed by atoms with Gasteiger partial charge in [0.1, 0.15) is 11.5 Å². The molecule has 0 aromatic heterocycles. The van der Waals surface area contributed by atoms with Gasteiger partial charge < -0.3 is 14.8 Å². The molecule has 0 radical (unpaired) electrons. The molecule has 0 aliphatic carbocycles. The molecule has 7 nitrogen and oxygen atoms in total. The molecule has 0 bridgehead atoms. The highest BCUT2D eigenvalue weighted by Gasteiger charge is 2.20. The molecule has 2 rings (SSSR count). The molecule has 0 aliphatic heterocycles. The van der Waals surface area contributed by atoms with Crippen molar-refractivity contribution in [2.24, 2.45) is 0 Å². The lowest BCUT2D eigenvalue weighted by Crippen LogP contribution is -2.32. The lowest BCUT2D eigenvalue weighted by molar-refractivity contribution is 0.0939. The molecule has 29 heavy (non-hydrogen) atoms. The number of nitrogens with zero attached hydrogens (tertiary/aromatic N) is 1. The number of amides is 1. The summed E-state index contributed by atoms with van der Waals surface area (Å²) in [6.07, 6.45) is 0. The minimum Gasteiger partial charge on any atom is -0.497 e. The van der Waals surface area contributed by atoms with Gasteiger partial charge in [-0.3, -0.25) is 9.10 Å². The Hall–Kier alpha value is -2.74. The predicted molar refractivity (Wildman–Crippen MR) is 114 cm³/mol. The van der Waals surface area contributed by atoms with Crippen LogP contribution in [0.2, 0.25) is 0 Å². The molecule has 0 aliphatic rings. The third-order valence-electron chi connectivity index (χ3n) is 4.66. The topological polar surface area (TPSA) is 84.9 Å². The summed E-state index contributed by atoms with van der Waals surface area (Å²) in [5.74, 6) is 1.07. The first-order chi connectivity index (χ1) is 13.8. The van der Waals surface area contributed by atoms with Crippen LogP contribution in [0.25, 0.3) is 0 Å². The standard InChI is InChI=1S/C21H28N2O5S/c1-6-23(29(25,26)7-2)17-10-8-16(9-11-17)21(24)22-15(3)19-14-18(27-4)12-13-20(19)28-5/h8-15H,6-7H2,1-5H3,(H,22,24). The number of carbonyl (C=O) groups excluding carboxylic acids is 1. The Balaban J connectivity index is 2.19. The molecule has 0 saturated heterocycles. The van der Waals surface area contributed by atoms with Crippen LogP contribution in [-0.4, -0.2) is 40.8 Å². The molecular formula is C21H28N2O5S. The van der Waals surface area contributed by atoms with Crippen molar-refractivity contribution in [3.05, 3.63) is 53.6 Å². The van der Waals surface area contributed by atoms with E-state index in [1.54, 1.807) is 64.5 Å². The van der Waals surface area contributed by atoms with E-state index in [4.69, 9.17) is 9.47 Å². The second kappa shape index (κ2) is 9.65. The van der Waals surface area contributed by atoms with E-state index in [2.05, 4.69) is 5.32 Å². The lowest BCUT2D eigenvalue weighted by atomic mass is 10.1. The van der Waals surface area contributed by atoms with Crippen LogP contribution < -0.4 is 19.1 Å². The Morgan fingerprint density at radius 3 is 2.24 bits per heavy atom. The largest absolute Gasteiger partial charge is 0.497 e. The van der Waals surface area contributed by atoms with Crippen molar-refractivity contribution < 1.29 is 22.7 Å². The highest BCUT2D eigenvalue weighted by molar-refractivity contribution is 7.92. The second-order valence-corrected chi connectivity index (χ2v) is 8.60. The second-order valence-electron chi connectivity index (χ2n) is 6.42. The molecule has 0 spiro atoms. The van der Waals surface area contributed by atoms with Crippen molar-refractivity contribution in [2.45, 2.75) is 26.8 Å². The van der Waals surface area contributed by atoms with E-state index in [0.717, 1.165) is 5.56 Å². The smallest absolute Gasteiger partial charge is 0.251 e. The van der Waals surface area contributed by atoms with Crippen molar-refractivity contribution in [1.82, 2.24) is 5.32 Å². The van der Waals surface area contributed by atoms with Gasteiger partial charge in [-0.15, -0.1) is 0 Å². The minimum atomic E-state index is -3.36. The van der Waals surface area contributed by atoms with Gasteiger partial charge in [0.2, 0.25) is 10.0 Å². The number of ether oxygens (including phenoxy) is 2. The van der Waals surface area contributed by atoms with E-state index < -0.39 is 10.0 Å². The summed E-state index contributed by atoms with van der Waals surface area (Å²) >= 11 is 0. The summed E-state index contributed by atoms with van der Waals surface area (Å²) in [4.78, 5) is 12.7. The van der Waals surface area contributed by atoms with Crippen LogP contribution in [0.1, 0.15) is 42.7 Å². The molecule has 0 heterocycles. The number of benzene rings is 2. The fourth-order valence-electron chi connectivity index (χ4n) is 3.01. The quantitative estimate of drug-likeness (QED) is 0.672. The van der Waals surface area contributed by atoms with Crippen LogP contribution in [-0.2, 0) is 10.0 Å². The highest BCUT2D eigenvalue weighted by Crippen LogP contribution is 2.29. The molecule has 0 saturated carbocycles. The number of carbonyl (C=O) groups is 1. The van der Waals surface area contributed by atoms with E-state index in [1.807, 2.05) is 13.0 Å². The number of hydrogen-bond acceptors (Lipinski definition) is 5. The Morgan fingerprint density at radius 2 is 1.72 bits per heavy atom. The van der Waals surface area contributed by atoms with Crippen LogP contribution >= 0.6 is 0 Å². The molecule has 2 aromatic rings. The van der Waals surface area contributed by atoms with E-state index in [9.17, 15) is 13.2 Å². The predicted octanol–water partition coefficient (Wildman–Crippen LogP) is 3.37. The number of hydrogen-bond donors (Lipinski definition) is 1. The molecule has 1 atom stereocenters. The Bertz CT molecular complexity index is 942. The molecule has 2 aromatic carbocycles. The number of methoxy groups -OCH3 is 2. The van der Waals surface area contributed by atoms with E-state index in [-0.39, 0.29) is 17.7 Å². The summed E-state index contributed by atoms with van der Waals surface area (Å²) in [5, 5.41) is 2.94. The molecule has 158 valence electrons. The zero-order valence-corrected chi connectivity index (χ0v) is 18.2. The lowest BCUT2D eigenvalue weighted by Gasteiger charge is -2.22. The first-order valence-corrected chi connectivity index (χ1v) is 11.0. The van der Waals surface area contributed by atoms with E-state index in [1.165, 1.54) is 4.31 Å². The Labute approximate surface area is 172 Å². The van der Waals surface area contributed by atoms with Crippen molar-refractivity contribution in [1.29, 1.82) is 0 Å². The highest BCUT2D eigenvalue weighted by atomic mass is 32.2. The Morgan fingerprint density at radius 1 is 1.07 bits per heavy atom. The van der Waals surface area contributed by atoms with Crippen LogP contribution in [0.15, 0.2) is 42.5 Å². The molecule has 0 fully saturated rings. The number of rotatable bonds is 9. The van der Waals surface area contributed by atoms with Gasteiger partial charge in [-0.05, 0) is 63.2 Å². The minimum absolute atomic E-state index is 0.0168.